The molecule has 0 heterocycles. The number of aromatic hydroxyl groups is 1. The molecule has 2 N–H and O–H groups in total. The van der Waals surface area contributed by atoms with Crippen LogP contribution in [0.3, 0.4) is 0 Å². The second-order valence-electron chi connectivity index (χ2n) is 8.37. The lowest BCUT2D eigenvalue weighted by molar-refractivity contribution is -0.140. The molecular formula is C25H31N3O2. The fourth-order valence-corrected chi connectivity index (χ4v) is 5.47. The predicted molar refractivity (Wildman–Crippen MR) is 121 cm³/mol. The summed E-state index contributed by atoms with van der Waals surface area (Å²) >= 11 is 0. The van der Waals surface area contributed by atoms with Crippen molar-refractivity contribution in [1.82, 2.24) is 5.43 Å². The van der Waals surface area contributed by atoms with Crippen LogP contribution in [0.15, 0.2) is 53.6 Å². The molecule has 2 aliphatic rings. The third-order valence-electron chi connectivity index (χ3n) is 6.93. The van der Waals surface area contributed by atoms with Crippen molar-refractivity contribution in [2.24, 2.45) is 22.9 Å². The molecule has 0 spiro atoms. The minimum Gasteiger partial charge on any atom is -0.507 e. The van der Waals surface area contributed by atoms with Crippen LogP contribution in [0.4, 0.5) is 5.69 Å². The summed E-state index contributed by atoms with van der Waals surface area (Å²) in [5, 5.41) is 14.5. The van der Waals surface area contributed by atoms with Gasteiger partial charge in [-0.3, -0.25) is 4.79 Å². The minimum atomic E-state index is 0.00684. The number of benzene rings is 2. The zero-order chi connectivity index (χ0) is 21.1. The highest BCUT2D eigenvalue weighted by atomic mass is 16.3. The Labute approximate surface area is 178 Å². The maximum atomic E-state index is 12.8. The third-order valence-corrected chi connectivity index (χ3v) is 6.93. The van der Waals surface area contributed by atoms with Crippen LogP contribution in [-0.2, 0) is 4.79 Å². The van der Waals surface area contributed by atoms with E-state index in [-0.39, 0.29) is 17.6 Å². The Morgan fingerprint density at radius 1 is 1.13 bits per heavy atom. The van der Waals surface area contributed by atoms with E-state index in [1.807, 2.05) is 18.2 Å². The minimum absolute atomic E-state index is 0.00684. The van der Waals surface area contributed by atoms with E-state index in [1.165, 1.54) is 18.2 Å². The molecule has 30 heavy (non-hydrogen) atoms. The Kier molecular flexibility index (Phi) is 6.07. The van der Waals surface area contributed by atoms with Crippen LogP contribution < -0.4 is 10.3 Å². The molecule has 5 nitrogen and oxygen atoms in total. The van der Waals surface area contributed by atoms with E-state index in [0.29, 0.717) is 23.3 Å². The van der Waals surface area contributed by atoms with Crippen molar-refractivity contribution in [3.8, 4) is 5.75 Å². The summed E-state index contributed by atoms with van der Waals surface area (Å²) in [6.45, 7) is 5.94. The molecule has 2 aromatic rings. The molecule has 2 bridgehead atoms. The van der Waals surface area contributed by atoms with Gasteiger partial charge in [-0.15, -0.1) is 0 Å². The molecule has 0 aromatic heterocycles. The summed E-state index contributed by atoms with van der Waals surface area (Å²) in [4.78, 5) is 15.0. The van der Waals surface area contributed by atoms with Gasteiger partial charge in [-0.1, -0.05) is 36.8 Å². The van der Waals surface area contributed by atoms with E-state index < -0.39 is 0 Å². The van der Waals surface area contributed by atoms with Gasteiger partial charge in [0.25, 0.3) is 0 Å². The van der Waals surface area contributed by atoms with Crippen LogP contribution in [0.1, 0.15) is 50.2 Å². The second-order valence-corrected chi connectivity index (χ2v) is 8.37. The van der Waals surface area contributed by atoms with E-state index in [9.17, 15) is 9.90 Å². The smallest absolute Gasteiger partial charge is 0.243 e. The van der Waals surface area contributed by atoms with Crippen molar-refractivity contribution in [1.29, 1.82) is 0 Å². The number of amides is 1. The van der Waals surface area contributed by atoms with Crippen LogP contribution in [0, 0.1) is 17.8 Å². The van der Waals surface area contributed by atoms with Crippen molar-refractivity contribution >= 4 is 17.8 Å². The van der Waals surface area contributed by atoms with E-state index in [1.54, 1.807) is 6.07 Å². The first kappa shape index (κ1) is 20.5. The second kappa shape index (κ2) is 8.90. The molecule has 0 aliphatic heterocycles. The highest BCUT2D eigenvalue weighted by Crippen LogP contribution is 2.59. The molecule has 4 atom stereocenters. The van der Waals surface area contributed by atoms with Gasteiger partial charge >= 0.3 is 0 Å². The fraction of sp³-hybridized carbons (Fsp3) is 0.440. The summed E-state index contributed by atoms with van der Waals surface area (Å²) < 4.78 is 0. The lowest BCUT2D eigenvalue weighted by Gasteiger charge is -2.55. The Balaban J connectivity index is 1.39. The lowest BCUT2D eigenvalue weighted by Crippen LogP contribution is -2.54. The highest BCUT2D eigenvalue weighted by Gasteiger charge is 2.55. The maximum absolute atomic E-state index is 12.8. The van der Waals surface area contributed by atoms with E-state index in [2.05, 4.69) is 53.5 Å². The van der Waals surface area contributed by atoms with Crippen molar-refractivity contribution in [3.63, 3.8) is 0 Å². The SMILES string of the molecule is CCN(CC)c1ccc(/C=N/NC(=O)C2[C@H]3CCC[C@@H]2C3c2ccccc2)c(O)c1. The van der Waals surface area contributed by atoms with Crippen LogP contribution in [0.25, 0.3) is 0 Å². The molecule has 2 aliphatic carbocycles. The van der Waals surface area contributed by atoms with Gasteiger partial charge < -0.3 is 10.0 Å². The van der Waals surface area contributed by atoms with E-state index in [0.717, 1.165) is 31.6 Å². The molecule has 2 fully saturated rings. The third kappa shape index (κ3) is 3.81. The first-order valence-corrected chi connectivity index (χ1v) is 11.1. The molecular weight excluding hydrogens is 374 g/mol. The summed E-state index contributed by atoms with van der Waals surface area (Å²) in [5.41, 5.74) is 5.67. The van der Waals surface area contributed by atoms with Crippen LogP contribution in [0.5, 0.6) is 5.75 Å². The molecule has 0 saturated heterocycles. The number of fused-ring (bicyclic) bond motifs is 2. The van der Waals surface area contributed by atoms with Gasteiger partial charge in [-0.05, 0) is 62.1 Å². The van der Waals surface area contributed by atoms with Crippen LogP contribution in [0.2, 0.25) is 0 Å². The number of nitrogens with one attached hydrogen (secondary N) is 1. The topological polar surface area (TPSA) is 64.9 Å². The van der Waals surface area contributed by atoms with Crippen molar-refractivity contribution < 1.29 is 9.90 Å². The van der Waals surface area contributed by atoms with E-state index in [4.69, 9.17) is 0 Å². The number of carbonyl (C=O) groups is 1. The summed E-state index contributed by atoms with van der Waals surface area (Å²) in [6, 6.07) is 16.1. The quantitative estimate of drug-likeness (QED) is 0.526. The summed E-state index contributed by atoms with van der Waals surface area (Å²) in [6.07, 6.45) is 4.94. The number of carbonyl (C=O) groups excluding carboxylic acids is 1. The Bertz CT molecular complexity index is 896. The molecule has 158 valence electrons. The summed E-state index contributed by atoms with van der Waals surface area (Å²) in [7, 11) is 0. The zero-order valence-electron chi connectivity index (χ0n) is 17.8. The van der Waals surface area contributed by atoms with Gasteiger partial charge in [0.15, 0.2) is 0 Å². The van der Waals surface area contributed by atoms with Crippen molar-refractivity contribution in [2.45, 2.75) is 39.0 Å². The zero-order valence-corrected chi connectivity index (χ0v) is 17.8. The Hall–Kier alpha value is -2.82. The fourth-order valence-electron chi connectivity index (χ4n) is 5.47. The van der Waals surface area contributed by atoms with Gasteiger partial charge in [-0.2, -0.15) is 5.10 Å². The van der Waals surface area contributed by atoms with Crippen molar-refractivity contribution in [2.75, 3.05) is 18.0 Å². The monoisotopic (exact) mass is 405 g/mol. The molecule has 5 heteroatoms. The number of hydrogen-bond donors (Lipinski definition) is 2. The van der Waals surface area contributed by atoms with Gasteiger partial charge in [0.1, 0.15) is 5.75 Å². The highest BCUT2D eigenvalue weighted by molar-refractivity contribution is 5.87. The Morgan fingerprint density at radius 2 is 1.83 bits per heavy atom. The number of rotatable bonds is 7. The van der Waals surface area contributed by atoms with Gasteiger partial charge in [0, 0.05) is 36.3 Å². The average molecular weight is 406 g/mol. The van der Waals surface area contributed by atoms with Crippen LogP contribution in [-0.4, -0.2) is 30.3 Å². The maximum Gasteiger partial charge on any atom is 0.243 e. The standard InChI is InChI=1S/C25H31N3O2/c1-3-28(4-2)19-14-13-18(22(29)15-19)16-26-27-25(30)24-20-11-8-12-21(24)23(20)17-9-6-5-7-10-17/h5-7,9-10,13-16,20-21,23-24,29H,3-4,8,11-12H2,1-2H3,(H,27,30)/b26-16+/t20-,21+,23?,24?. The number of phenols is 1. The van der Waals surface area contributed by atoms with Gasteiger partial charge in [0.2, 0.25) is 5.91 Å². The molecule has 2 unspecified atom stereocenters. The molecule has 2 aromatic carbocycles. The molecule has 0 radical (unpaired) electrons. The average Bonchev–Trinajstić information content (AvgIpc) is 2.77. The first-order valence-electron chi connectivity index (χ1n) is 11.1. The molecule has 2 saturated carbocycles. The number of anilines is 1. The normalized spacial score (nSPS) is 25.0. The van der Waals surface area contributed by atoms with Gasteiger partial charge in [-0.25, -0.2) is 5.43 Å². The first-order chi connectivity index (χ1) is 14.6. The lowest BCUT2D eigenvalue weighted by atomic mass is 9.48. The largest absolute Gasteiger partial charge is 0.507 e. The van der Waals surface area contributed by atoms with E-state index >= 15 is 0 Å². The number of nitrogens with zero attached hydrogens (tertiary/aromatic N) is 2. The predicted octanol–water partition coefficient (Wildman–Crippen LogP) is 4.52. The summed E-state index contributed by atoms with van der Waals surface area (Å²) in [5.74, 6) is 1.52. The van der Waals surface area contributed by atoms with Gasteiger partial charge in [0.05, 0.1) is 6.21 Å². The number of hydrazone groups is 1. The molecule has 1 amide bonds. The molecule has 4 rings (SSSR count). The van der Waals surface area contributed by atoms with Crippen LogP contribution >= 0.6 is 0 Å². The number of phenolic OH excluding ortho intramolecular Hbond substituents is 1. The van der Waals surface area contributed by atoms with Crippen molar-refractivity contribution in [3.05, 3.63) is 59.7 Å². The number of hydrogen-bond acceptors (Lipinski definition) is 4. The Morgan fingerprint density at radius 3 is 2.47 bits per heavy atom.